The van der Waals surface area contributed by atoms with Crippen LogP contribution < -0.4 is 5.32 Å². The summed E-state index contributed by atoms with van der Waals surface area (Å²) in [5.74, 6) is -1.88. The van der Waals surface area contributed by atoms with Gasteiger partial charge < -0.3 is 10.4 Å². The summed E-state index contributed by atoms with van der Waals surface area (Å²) >= 11 is 0. The first-order valence-electron chi connectivity index (χ1n) is 5.18. The quantitative estimate of drug-likeness (QED) is 0.604. The summed E-state index contributed by atoms with van der Waals surface area (Å²) < 4.78 is 0. The van der Waals surface area contributed by atoms with Crippen LogP contribution in [0.3, 0.4) is 0 Å². The highest BCUT2D eigenvalue weighted by molar-refractivity contribution is 6.09. The minimum Gasteiger partial charge on any atom is -0.480 e. The number of likely N-dealkylation sites (N-methyl/N-ethyl adjacent to an activating group) is 1. The van der Waals surface area contributed by atoms with Gasteiger partial charge in [0.1, 0.15) is 5.54 Å². The molecule has 1 saturated heterocycles. The molecule has 0 aromatic heterocycles. The molecule has 3 atom stereocenters. The fraction of sp³-hybridized carbons (Fsp3) is 0.700. The first kappa shape index (κ1) is 11.1. The minimum absolute atomic E-state index is 0.108. The van der Waals surface area contributed by atoms with Gasteiger partial charge in [-0.25, -0.2) is 0 Å². The van der Waals surface area contributed by atoms with E-state index in [-0.39, 0.29) is 30.2 Å². The van der Waals surface area contributed by atoms with Crippen molar-refractivity contribution in [3.05, 3.63) is 0 Å². The van der Waals surface area contributed by atoms with Gasteiger partial charge in [-0.3, -0.25) is 19.3 Å². The fourth-order valence-corrected chi connectivity index (χ4v) is 1.98. The van der Waals surface area contributed by atoms with Crippen molar-refractivity contribution in [1.29, 1.82) is 0 Å². The summed E-state index contributed by atoms with van der Waals surface area (Å²) in [5.41, 5.74) is -1.28. The number of carboxylic acids is 1. The molecule has 1 aliphatic carbocycles. The first-order chi connectivity index (χ1) is 7.40. The Labute approximate surface area is 92.6 Å². The highest BCUT2D eigenvalue weighted by Crippen LogP contribution is 2.47. The molecule has 2 amide bonds. The lowest BCUT2D eigenvalue weighted by Crippen LogP contribution is -2.57. The monoisotopic (exact) mass is 226 g/mol. The van der Waals surface area contributed by atoms with Crippen molar-refractivity contribution >= 4 is 17.8 Å². The van der Waals surface area contributed by atoms with Crippen molar-refractivity contribution in [2.24, 2.45) is 11.8 Å². The second kappa shape index (κ2) is 3.28. The van der Waals surface area contributed by atoms with Crippen LogP contribution in [0.4, 0.5) is 0 Å². The number of hydrogen-bond donors (Lipinski definition) is 2. The predicted octanol–water partition coefficient (Wildman–Crippen LogP) is -0.946. The summed E-state index contributed by atoms with van der Waals surface area (Å²) in [6.07, 6.45) is 0.636. The van der Waals surface area contributed by atoms with E-state index < -0.39 is 11.5 Å². The number of hydrogen-bond acceptors (Lipinski definition) is 4. The summed E-state index contributed by atoms with van der Waals surface area (Å²) in [5, 5.41) is 11.7. The van der Waals surface area contributed by atoms with Crippen molar-refractivity contribution in [3.8, 4) is 0 Å². The van der Waals surface area contributed by atoms with Crippen molar-refractivity contribution in [2.75, 3.05) is 13.6 Å². The lowest BCUT2D eigenvalue weighted by atomic mass is 10.0. The Morgan fingerprint density at radius 2 is 2.00 bits per heavy atom. The van der Waals surface area contributed by atoms with Crippen molar-refractivity contribution in [3.63, 3.8) is 0 Å². The van der Waals surface area contributed by atoms with Crippen LogP contribution >= 0.6 is 0 Å². The topological polar surface area (TPSA) is 86.7 Å². The highest BCUT2D eigenvalue weighted by atomic mass is 16.4. The Bertz CT molecular complexity index is 361. The lowest BCUT2D eigenvalue weighted by molar-refractivity contribution is -0.148. The summed E-state index contributed by atoms with van der Waals surface area (Å²) in [6.45, 7) is 1.35. The molecule has 0 bridgehead atoms. The number of aliphatic carboxylic acids is 1. The number of rotatable bonds is 4. The Balaban J connectivity index is 2.13. The Kier molecular flexibility index (Phi) is 2.27. The van der Waals surface area contributed by atoms with Crippen LogP contribution in [0.1, 0.15) is 13.3 Å². The summed E-state index contributed by atoms with van der Waals surface area (Å²) in [7, 11) is 1.50. The smallest absolute Gasteiger partial charge is 0.325 e. The molecular weight excluding hydrogens is 212 g/mol. The number of amides is 2. The van der Waals surface area contributed by atoms with Crippen molar-refractivity contribution < 1.29 is 19.5 Å². The number of carbonyl (C=O) groups excluding carboxylic acids is 2. The molecule has 3 unspecified atom stereocenters. The highest BCUT2D eigenvalue weighted by Gasteiger charge is 2.59. The SMILES string of the molecule is CNC(C)(CN1C(=O)C2CC2C1=O)C(=O)O. The second-order valence-electron chi connectivity index (χ2n) is 4.60. The van der Waals surface area contributed by atoms with E-state index in [2.05, 4.69) is 5.32 Å². The van der Waals surface area contributed by atoms with Gasteiger partial charge in [-0.2, -0.15) is 0 Å². The number of nitrogens with zero attached hydrogens (tertiary/aromatic N) is 1. The third-order valence-corrected chi connectivity index (χ3v) is 3.46. The number of carbonyl (C=O) groups is 3. The van der Waals surface area contributed by atoms with Gasteiger partial charge in [-0.1, -0.05) is 0 Å². The zero-order valence-corrected chi connectivity index (χ0v) is 9.19. The molecule has 2 aliphatic rings. The zero-order chi connectivity index (χ0) is 12.1. The lowest BCUT2D eigenvalue weighted by Gasteiger charge is -2.29. The molecule has 16 heavy (non-hydrogen) atoms. The number of piperidine rings is 1. The van der Waals surface area contributed by atoms with E-state index in [0.717, 1.165) is 4.90 Å². The minimum atomic E-state index is -1.28. The molecule has 0 aromatic rings. The van der Waals surface area contributed by atoms with Crippen LogP contribution in [-0.2, 0) is 14.4 Å². The standard InChI is InChI=1S/C10H14N2O4/c1-10(11-2,9(15)16)4-12-7(13)5-3-6(5)8(12)14/h5-6,11H,3-4H2,1-2H3,(H,15,16). The van der Waals surface area contributed by atoms with Gasteiger partial charge in [-0.05, 0) is 20.4 Å². The third kappa shape index (κ3) is 1.41. The largest absolute Gasteiger partial charge is 0.480 e. The zero-order valence-electron chi connectivity index (χ0n) is 9.19. The predicted molar refractivity (Wildman–Crippen MR) is 53.4 cm³/mol. The van der Waals surface area contributed by atoms with Gasteiger partial charge >= 0.3 is 5.97 Å². The molecule has 0 aromatic carbocycles. The molecule has 2 fully saturated rings. The maximum Gasteiger partial charge on any atom is 0.325 e. The molecule has 0 spiro atoms. The van der Waals surface area contributed by atoms with Crippen LogP contribution in [0.25, 0.3) is 0 Å². The average Bonchev–Trinajstić information content (AvgIpc) is 2.98. The molecule has 1 heterocycles. The van der Waals surface area contributed by atoms with Crippen LogP contribution in [0.15, 0.2) is 0 Å². The third-order valence-electron chi connectivity index (χ3n) is 3.46. The van der Waals surface area contributed by atoms with Gasteiger partial charge in [0, 0.05) is 0 Å². The number of nitrogens with one attached hydrogen (secondary N) is 1. The Morgan fingerprint density at radius 1 is 1.50 bits per heavy atom. The maximum atomic E-state index is 11.7. The van der Waals surface area contributed by atoms with Crippen LogP contribution in [0, 0.1) is 11.8 Å². The van der Waals surface area contributed by atoms with Gasteiger partial charge in [0.25, 0.3) is 0 Å². The first-order valence-corrected chi connectivity index (χ1v) is 5.18. The molecule has 6 heteroatoms. The number of carboxylic acid groups (broad SMARTS) is 1. The van der Waals surface area contributed by atoms with Gasteiger partial charge in [0.05, 0.1) is 18.4 Å². The van der Waals surface area contributed by atoms with E-state index in [1.807, 2.05) is 0 Å². The van der Waals surface area contributed by atoms with E-state index in [0.29, 0.717) is 6.42 Å². The second-order valence-corrected chi connectivity index (χ2v) is 4.60. The van der Waals surface area contributed by atoms with Gasteiger partial charge in [0.15, 0.2) is 0 Å². The van der Waals surface area contributed by atoms with Crippen molar-refractivity contribution in [1.82, 2.24) is 10.2 Å². The van der Waals surface area contributed by atoms with Crippen LogP contribution in [0.5, 0.6) is 0 Å². The average molecular weight is 226 g/mol. The van der Waals surface area contributed by atoms with E-state index in [1.54, 1.807) is 0 Å². The van der Waals surface area contributed by atoms with E-state index >= 15 is 0 Å². The number of imide groups is 1. The molecule has 6 nitrogen and oxygen atoms in total. The fourth-order valence-electron chi connectivity index (χ4n) is 1.98. The van der Waals surface area contributed by atoms with Crippen LogP contribution in [-0.4, -0.2) is 46.9 Å². The Morgan fingerprint density at radius 3 is 2.38 bits per heavy atom. The molecular formula is C10H14N2O4. The molecule has 88 valence electrons. The van der Waals surface area contributed by atoms with Gasteiger partial charge in [-0.15, -0.1) is 0 Å². The van der Waals surface area contributed by atoms with Gasteiger partial charge in [0.2, 0.25) is 11.8 Å². The summed E-state index contributed by atoms with van der Waals surface area (Å²) in [4.78, 5) is 35.4. The van der Waals surface area contributed by atoms with E-state index in [9.17, 15) is 14.4 Å². The maximum absolute atomic E-state index is 11.7. The number of likely N-dealkylation sites (tertiary alicyclic amines) is 1. The molecule has 1 aliphatic heterocycles. The molecule has 0 radical (unpaired) electrons. The normalized spacial score (nSPS) is 31.2. The van der Waals surface area contributed by atoms with Crippen molar-refractivity contribution in [2.45, 2.75) is 18.9 Å². The van der Waals surface area contributed by atoms with E-state index in [4.69, 9.17) is 5.11 Å². The molecule has 2 N–H and O–H groups in total. The summed E-state index contributed by atoms with van der Waals surface area (Å²) in [6, 6.07) is 0. The molecule has 1 saturated carbocycles. The molecule has 2 rings (SSSR count). The van der Waals surface area contributed by atoms with E-state index in [1.165, 1.54) is 14.0 Å². The van der Waals surface area contributed by atoms with Crippen LogP contribution in [0.2, 0.25) is 0 Å². The Hall–Kier alpha value is -1.43. The number of fused-ring (bicyclic) bond motifs is 1.